The molecule has 0 amide bonds. The van der Waals surface area contributed by atoms with Gasteiger partial charge in [0.1, 0.15) is 0 Å². The Hall–Kier alpha value is -0.160. The number of rotatable bonds is 11. The fraction of sp³-hybridized carbons (Fsp3) is 1.00. The van der Waals surface area contributed by atoms with E-state index in [-0.39, 0.29) is 0 Å². The van der Waals surface area contributed by atoms with Gasteiger partial charge < -0.3 is 15.2 Å². The average Bonchev–Trinajstić information content (AvgIpc) is 2.88. The van der Waals surface area contributed by atoms with Gasteiger partial charge >= 0.3 is 0 Å². The molecule has 0 spiro atoms. The molecule has 18 heavy (non-hydrogen) atoms. The van der Waals surface area contributed by atoms with Crippen LogP contribution in [0.3, 0.4) is 0 Å². The number of hydrogen-bond donors (Lipinski definition) is 2. The molecule has 0 aliphatic carbocycles. The quantitative estimate of drug-likeness (QED) is 0.547. The summed E-state index contributed by atoms with van der Waals surface area (Å²) in [6, 6.07) is 0.680. The van der Waals surface area contributed by atoms with Crippen molar-refractivity contribution in [1.82, 2.24) is 10.2 Å². The lowest BCUT2D eigenvalue weighted by atomic mass is 10.1. The normalized spacial score (nSPS) is 19.8. The Kier molecular flexibility index (Phi) is 9.48. The summed E-state index contributed by atoms with van der Waals surface area (Å²) in [6.07, 6.45) is 7.18. The van der Waals surface area contributed by atoms with Crippen LogP contribution in [-0.4, -0.2) is 62.6 Å². The third-order valence-electron chi connectivity index (χ3n) is 3.64. The van der Waals surface area contributed by atoms with Crippen LogP contribution in [0.15, 0.2) is 0 Å². The van der Waals surface area contributed by atoms with Crippen molar-refractivity contribution in [3.8, 4) is 0 Å². The van der Waals surface area contributed by atoms with Crippen LogP contribution in [0.25, 0.3) is 0 Å². The van der Waals surface area contributed by atoms with Gasteiger partial charge in [0.05, 0.1) is 6.61 Å². The van der Waals surface area contributed by atoms with E-state index in [0.29, 0.717) is 12.6 Å². The van der Waals surface area contributed by atoms with Crippen molar-refractivity contribution in [2.24, 2.45) is 0 Å². The summed E-state index contributed by atoms with van der Waals surface area (Å²) in [4.78, 5) is 2.52. The van der Waals surface area contributed by atoms with E-state index in [1.807, 2.05) is 0 Å². The monoisotopic (exact) mass is 258 g/mol. The van der Waals surface area contributed by atoms with Crippen LogP contribution >= 0.6 is 0 Å². The highest BCUT2D eigenvalue weighted by Crippen LogP contribution is 2.08. The fourth-order valence-electron chi connectivity index (χ4n) is 2.54. The molecule has 2 N–H and O–H groups in total. The molecule has 4 heteroatoms. The lowest BCUT2D eigenvalue weighted by Crippen LogP contribution is -2.39. The number of ether oxygens (including phenoxy) is 1. The van der Waals surface area contributed by atoms with Gasteiger partial charge in [0.15, 0.2) is 0 Å². The number of nitrogens with one attached hydrogen (secondary N) is 1. The van der Waals surface area contributed by atoms with Crippen molar-refractivity contribution in [3.05, 3.63) is 0 Å². The van der Waals surface area contributed by atoms with E-state index in [2.05, 4.69) is 10.2 Å². The zero-order valence-corrected chi connectivity index (χ0v) is 11.9. The zero-order chi connectivity index (χ0) is 13.1. The Morgan fingerprint density at radius 3 is 2.72 bits per heavy atom. The fourth-order valence-corrected chi connectivity index (χ4v) is 2.54. The predicted molar refractivity (Wildman–Crippen MR) is 74.9 cm³/mol. The maximum absolute atomic E-state index is 8.75. The first kappa shape index (κ1) is 15.9. The van der Waals surface area contributed by atoms with E-state index in [1.54, 1.807) is 7.11 Å². The third-order valence-corrected chi connectivity index (χ3v) is 3.64. The molecular formula is C14H30N2O2. The van der Waals surface area contributed by atoms with Crippen molar-refractivity contribution in [3.63, 3.8) is 0 Å². The molecule has 1 aliphatic heterocycles. The van der Waals surface area contributed by atoms with Crippen LogP contribution in [0, 0.1) is 0 Å². The summed E-state index contributed by atoms with van der Waals surface area (Å²) in [5.41, 5.74) is 0. The minimum absolute atomic E-state index is 0.333. The molecule has 0 aromatic heterocycles. The van der Waals surface area contributed by atoms with Crippen LogP contribution in [-0.2, 0) is 4.74 Å². The van der Waals surface area contributed by atoms with Crippen molar-refractivity contribution in [2.45, 2.75) is 44.6 Å². The molecule has 0 bridgehead atoms. The third kappa shape index (κ3) is 7.31. The van der Waals surface area contributed by atoms with Crippen molar-refractivity contribution in [1.29, 1.82) is 0 Å². The molecule has 1 fully saturated rings. The molecule has 1 saturated heterocycles. The molecule has 1 heterocycles. The van der Waals surface area contributed by atoms with Gasteiger partial charge in [0, 0.05) is 32.8 Å². The molecule has 0 aromatic rings. The first-order chi connectivity index (χ1) is 8.86. The summed E-state index contributed by atoms with van der Waals surface area (Å²) in [6.45, 7) is 5.69. The topological polar surface area (TPSA) is 44.7 Å². The van der Waals surface area contributed by atoms with Crippen LogP contribution < -0.4 is 5.32 Å². The lowest BCUT2D eigenvalue weighted by Gasteiger charge is -2.25. The number of hydrogen-bond acceptors (Lipinski definition) is 4. The largest absolute Gasteiger partial charge is 0.396 e. The Morgan fingerprint density at radius 1 is 1.22 bits per heavy atom. The number of aliphatic hydroxyl groups excluding tert-OH is 1. The summed E-state index contributed by atoms with van der Waals surface area (Å²) >= 11 is 0. The van der Waals surface area contributed by atoms with Gasteiger partial charge in [-0.1, -0.05) is 12.8 Å². The molecule has 4 nitrogen and oxygen atoms in total. The number of aliphatic hydroxyl groups is 1. The van der Waals surface area contributed by atoms with E-state index >= 15 is 0 Å². The maximum Gasteiger partial charge on any atom is 0.0589 e. The molecule has 108 valence electrons. The molecular weight excluding hydrogens is 228 g/mol. The Balaban J connectivity index is 2.13. The summed E-state index contributed by atoms with van der Waals surface area (Å²) in [7, 11) is 1.77. The summed E-state index contributed by atoms with van der Waals surface area (Å²) < 4.78 is 5.19. The average molecular weight is 258 g/mol. The van der Waals surface area contributed by atoms with E-state index in [9.17, 15) is 0 Å². The molecule has 0 saturated carbocycles. The SMILES string of the molecule is COCCN(CCCCCCO)CC1CCCN1. The van der Waals surface area contributed by atoms with Crippen LogP contribution in [0.5, 0.6) is 0 Å². The second-order valence-corrected chi connectivity index (χ2v) is 5.22. The highest BCUT2D eigenvalue weighted by atomic mass is 16.5. The van der Waals surface area contributed by atoms with Crippen molar-refractivity contribution < 1.29 is 9.84 Å². The minimum Gasteiger partial charge on any atom is -0.396 e. The first-order valence-corrected chi connectivity index (χ1v) is 7.42. The van der Waals surface area contributed by atoms with Gasteiger partial charge in [0.2, 0.25) is 0 Å². The predicted octanol–water partition coefficient (Wildman–Crippen LogP) is 1.24. The van der Waals surface area contributed by atoms with Crippen molar-refractivity contribution >= 4 is 0 Å². The van der Waals surface area contributed by atoms with Gasteiger partial charge in [-0.3, -0.25) is 4.90 Å². The van der Waals surface area contributed by atoms with Crippen LogP contribution in [0.4, 0.5) is 0 Å². The van der Waals surface area contributed by atoms with E-state index in [4.69, 9.17) is 9.84 Å². The highest BCUT2D eigenvalue weighted by molar-refractivity contribution is 4.77. The molecule has 1 rings (SSSR count). The number of nitrogens with zero attached hydrogens (tertiary/aromatic N) is 1. The second kappa shape index (κ2) is 10.7. The maximum atomic E-state index is 8.75. The summed E-state index contributed by atoms with van der Waals surface area (Å²) in [5, 5.41) is 12.3. The van der Waals surface area contributed by atoms with Gasteiger partial charge in [-0.2, -0.15) is 0 Å². The number of methoxy groups -OCH3 is 1. The highest BCUT2D eigenvalue weighted by Gasteiger charge is 2.17. The standard InChI is InChI=1S/C14H30N2O2/c1-18-12-10-16(9-4-2-3-5-11-17)13-14-7-6-8-15-14/h14-15,17H,2-13H2,1H3. The van der Waals surface area contributed by atoms with Crippen LogP contribution in [0.2, 0.25) is 0 Å². The minimum atomic E-state index is 0.333. The van der Waals surface area contributed by atoms with E-state index in [0.717, 1.165) is 39.1 Å². The number of unbranched alkanes of at least 4 members (excludes halogenated alkanes) is 3. The smallest absolute Gasteiger partial charge is 0.0589 e. The zero-order valence-electron chi connectivity index (χ0n) is 11.9. The molecule has 1 unspecified atom stereocenters. The molecule has 1 aliphatic rings. The second-order valence-electron chi connectivity index (χ2n) is 5.22. The first-order valence-electron chi connectivity index (χ1n) is 7.42. The Bertz CT molecular complexity index is 185. The Morgan fingerprint density at radius 2 is 2.06 bits per heavy atom. The van der Waals surface area contributed by atoms with E-state index < -0.39 is 0 Å². The molecule has 0 aromatic carbocycles. The summed E-state index contributed by atoms with van der Waals surface area (Å²) in [5.74, 6) is 0. The van der Waals surface area contributed by atoms with Gasteiger partial charge in [-0.05, 0) is 38.8 Å². The van der Waals surface area contributed by atoms with E-state index in [1.165, 1.54) is 32.2 Å². The molecule has 1 atom stereocenters. The molecule has 0 radical (unpaired) electrons. The van der Waals surface area contributed by atoms with Crippen molar-refractivity contribution in [2.75, 3.05) is 46.5 Å². The van der Waals surface area contributed by atoms with Crippen LogP contribution in [0.1, 0.15) is 38.5 Å². The Labute approximate surface area is 112 Å². The van der Waals surface area contributed by atoms with Gasteiger partial charge in [0.25, 0.3) is 0 Å². The van der Waals surface area contributed by atoms with Gasteiger partial charge in [-0.25, -0.2) is 0 Å². The lowest BCUT2D eigenvalue weighted by molar-refractivity contribution is 0.140. The van der Waals surface area contributed by atoms with Gasteiger partial charge in [-0.15, -0.1) is 0 Å².